The fourth-order valence-corrected chi connectivity index (χ4v) is 2.80. The number of benzene rings is 1. The van der Waals surface area contributed by atoms with E-state index in [9.17, 15) is 0 Å². The third kappa shape index (κ3) is 3.84. The summed E-state index contributed by atoms with van der Waals surface area (Å²) >= 11 is 11.9. The number of aliphatic hydroxyl groups excluding tert-OH is 1. The number of piperazine rings is 1. The highest BCUT2D eigenvalue weighted by molar-refractivity contribution is 6.41. The van der Waals surface area contributed by atoms with Crippen molar-refractivity contribution in [3.8, 4) is 0 Å². The predicted octanol–water partition coefficient (Wildman–Crippen LogP) is -0.731. The molecular weight excluding hydrogens is 271 g/mol. The summed E-state index contributed by atoms with van der Waals surface area (Å²) in [4.78, 5) is 3.09. The molecule has 18 heavy (non-hydrogen) atoms. The fraction of sp³-hybridized carbons (Fsp3) is 0.538. The molecule has 1 saturated heterocycles. The second-order valence-corrected chi connectivity index (χ2v) is 5.71. The lowest BCUT2D eigenvalue weighted by Gasteiger charge is -2.29. The largest absolute Gasteiger partial charge is 0.391 e. The van der Waals surface area contributed by atoms with E-state index in [0.717, 1.165) is 39.3 Å². The second kappa shape index (κ2) is 6.73. The fourth-order valence-electron chi connectivity index (χ4n) is 2.48. The van der Waals surface area contributed by atoms with Crippen molar-refractivity contribution in [1.29, 1.82) is 0 Å². The zero-order chi connectivity index (χ0) is 13.0. The van der Waals surface area contributed by atoms with Gasteiger partial charge in [-0.2, -0.15) is 0 Å². The summed E-state index contributed by atoms with van der Waals surface area (Å²) in [6.07, 6.45) is 0. The van der Waals surface area contributed by atoms with E-state index in [1.165, 1.54) is 10.5 Å². The molecule has 3 N–H and O–H groups in total. The normalized spacial score (nSPS) is 24.2. The number of halogens is 2. The van der Waals surface area contributed by atoms with E-state index in [2.05, 4.69) is 0 Å². The Morgan fingerprint density at radius 1 is 1.00 bits per heavy atom. The number of hydrogen-bond acceptors (Lipinski definition) is 1. The predicted molar refractivity (Wildman–Crippen MR) is 73.5 cm³/mol. The molecule has 2 rings (SSSR count). The molecule has 0 aliphatic carbocycles. The average Bonchev–Trinajstić information content (AvgIpc) is 2.37. The Kier molecular flexibility index (Phi) is 5.27. The molecule has 0 amide bonds. The first-order chi connectivity index (χ1) is 8.69. The van der Waals surface area contributed by atoms with Crippen LogP contribution >= 0.6 is 23.2 Å². The molecule has 1 aliphatic rings. The molecule has 1 heterocycles. The summed E-state index contributed by atoms with van der Waals surface area (Å²) in [5, 5.41) is 10.2. The van der Waals surface area contributed by atoms with Gasteiger partial charge in [-0.1, -0.05) is 29.3 Å². The summed E-state index contributed by atoms with van der Waals surface area (Å²) in [6, 6.07) is 5.88. The Bertz CT molecular complexity index is 393. The lowest BCUT2D eigenvalue weighted by Crippen LogP contribution is -3.27. The van der Waals surface area contributed by atoms with Gasteiger partial charge in [-0.15, -0.1) is 0 Å². The minimum Gasteiger partial charge on any atom is -0.391 e. The highest BCUT2D eigenvalue weighted by Crippen LogP contribution is 2.22. The van der Waals surface area contributed by atoms with Gasteiger partial charge in [0, 0.05) is 5.56 Å². The maximum absolute atomic E-state index is 8.92. The molecular formula is C13H20Cl2N2O+2. The van der Waals surface area contributed by atoms with Crippen LogP contribution in [-0.4, -0.2) is 44.4 Å². The molecule has 0 bridgehead atoms. The number of nitrogens with one attached hydrogen (secondary N) is 2. The van der Waals surface area contributed by atoms with Crippen molar-refractivity contribution in [1.82, 2.24) is 0 Å². The van der Waals surface area contributed by atoms with Crippen LogP contribution in [0, 0.1) is 0 Å². The average molecular weight is 291 g/mol. The first kappa shape index (κ1) is 14.1. The molecule has 1 aromatic carbocycles. The smallest absolute Gasteiger partial charge is 0.127 e. The van der Waals surface area contributed by atoms with Gasteiger partial charge in [0.15, 0.2) is 0 Å². The molecule has 0 radical (unpaired) electrons. The second-order valence-electron chi connectivity index (χ2n) is 4.90. The van der Waals surface area contributed by atoms with Gasteiger partial charge in [0.1, 0.15) is 39.3 Å². The molecule has 0 unspecified atom stereocenters. The summed E-state index contributed by atoms with van der Waals surface area (Å²) in [6.45, 7) is 6.74. The highest BCUT2D eigenvalue weighted by Gasteiger charge is 2.22. The van der Waals surface area contributed by atoms with Crippen molar-refractivity contribution in [2.45, 2.75) is 6.54 Å². The quantitative estimate of drug-likeness (QED) is 0.671. The van der Waals surface area contributed by atoms with E-state index in [4.69, 9.17) is 28.3 Å². The van der Waals surface area contributed by atoms with Gasteiger partial charge in [-0.25, -0.2) is 0 Å². The minimum absolute atomic E-state index is 0.289. The van der Waals surface area contributed by atoms with E-state index in [1.54, 1.807) is 4.90 Å². The number of rotatable bonds is 4. The van der Waals surface area contributed by atoms with Crippen LogP contribution in [0.2, 0.25) is 10.0 Å². The third-order valence-corrected chi connectivity index (χ3v) is 4.31. The van der Waals surface area contributed by atoms with Crippen molar-refractivity contribution in [3.63, 3.8) is 0 Å². The minimum atomic E-state index is 0.289. The third-order valence-electron chi connectivity index (χ3n) is 3.57. The maximum Gasteiger partial charge on any atom is 0.127 e. The van der Waals surface area contributed by atoms with Gasteiger partial charge < -0.3 is 14.9 Å². The van der Waals surface area contributed by atoms with Crippen molar-refractivity contribution < 1.29 is 14.9 Å². The zero-order valence-corrected chi connectivity index (χ0v) is 11.9. The lowest BCUT2D eigenvalue weighted by molar-refractivity contribution is -1.02. The first-order valence-electron chi connectivity index (χ1n) is 6.41. The molecule has 1 aliphatic heterocycles. The van der Waals surface area contributed by atoms with Gasteiger partial charge in [0.2, 0.25) is 0 Å². The standard InChI is InChI=1S/C13H18Cl2N2O/c14-12-2-1-11(9-13(12)15)10-17-5-3-16(4-6-17)7-8-18/h1-2,9,18H,3-8,10H2/p+2. The van der Waals surface area contributed by atoms with E-state index in [-0.39, 0.29) is 6.61 Å². The van der Waals surface area contributed by atoms with Gasteiger partial charge >= 0.3 is 0 Å². The lowest BCUT2D eigenvalue weighted by atomic mass is 10.2. The van der Waals surface area contributed by atoms with Crippen molar-refractivity contribution >= 4 is 23.2 Å². The molecule has 0 spiro atoms. The topological polar surface area (TPSA) is 29.1 Å². The Morgan fingerprint density at radius 3 is 2.28 bits per heavy atom. The molecule has 5 heteroatoms. The summed E-state index contributed by atoms with van der Waals surface area (Å²) in [5.41, 5.74) is 1.24. The summed E-state index contributed by atoms with van der Waals surface area (Å²) < 4.78 is 0. The number of aliphatic hydroxyl groups is 1. The molecule has 3 nitrogen and oxygen atoms in total. The number of quaternary nitrogens is 2. The van der Waals surface area contributed by atoms with E-state index >= 15 is 0 Å². The zero-order valence-electron chi connectivity index (χ0n) is 10.4. The van der Waals surface area contributed by atoms with E-state index in [0.29, 0.717) is 10.0 Å². The molecule has 1 aromatic rings. The molecule has 0 saturated carbocycles. The van der Waals surface area contributed by atoms with Crippen molar-refractivity contribution in [2.24, 2.45) is 0 Å². The number of hydrogen-bond donors (Lipinski definition) is 3. The van der Waals surface area contributed by atoms with Gasteiger partial charge in [-0.05, 0) is 12.1 Å². The van der Waals surface area contributed by atoms with Crippen LogP contribution in [0.25, 0.3) is 0 Å². The van der Waals surface area contributed by atoms with Crippen LogP contribution in [0.3, 0.4) is 0 Å². The van der Waals surface area contributed by atoms with Gasteiger partial charge in [0.25, 0.3) is 0 Å². The van der Waals surface area contributed by atoms with E-state index in [1.807, 2.05) is 18.2 Å². The Morgan fingerprint density at radius 2 is 1.67 bits per heavy atom. The SMILES string of the molecule is OCC[NH+]1CC[NH+](Cc2ccc(Cl)c(Cl)c2)CC1. The van der Waals surface area contributed by atoms with Crippen LogP contribution in [0.4, 0.5) is 0 Å². The van der Waals surface area contributed by atoms with Crippen LogP contribution in [-0.2, 0) is 6.54 Å². The summed E-state index contributed by atoms with van der Waals surface area (Å²) in [5.74, 6) is 0. The van der Waals surface area contributed by atoms with Gasteiger partial charge in [0.05, 0.1) is 16.7 Å². The van der Waals surface area contributed by atoms with Crippen LogP contribution in [0.1, 0.15) is 5.56 Å². The van der Waals surface area contributed by atoms with Gasteiger partial charge in [-0.3, -0.25) is 0 Å². The Labute approximate surface area is 118 Å². The maximum atomic E-state index is 8.92. The van der Waals surface area contributed by atoms with E-state index < -0.39 is 0 Å². The summed E-state index contributed by atoms with van der Waals surface area (Å²) in [7, 11) is 0. The van der Waals surface area contributed by atoms with Crippen molar-refractivity contribution in [2.75, 3.05) is 39.3 Å². The van der Waals surface area contributed by atoms with Crippen LogP contribution < -0.4 is 9.80 Å². The Hall–Kier alpha value is -0.320. The molecule has 0 atom stereocenters. The van der Waals surface area contributed by atoms with Crippen molar-refractivity contribution in [3.05, 3.63) is 33.8 Å². The van der Waals surface area contributed by atoms with Crippen LogP contribution in [0.5, 0.6) is 0 Å². The molecule has 100 valence electrons. The molecule has 0 aromatic heterocycles. The van der Waals surface area contributed by atoms with Crippen LogP contribution in [0.15, 0.2) is 18.2 Å². The highest BCUT2D eigenvalue weighted by atomic mass is 35.5. The monoisotopic (exact) mass is 290 g/mol. The first-order valence-corrected chi connectivity index (χ1v) is 7.16. The molecule has 1 fully saturated rings. The Balaban J connectivity index is 1.85.